The van der Waals surface area contributed by atoms with Gasteiger partial charge in [-0.05, 0) is 24.3 Å². The molecular weight excluding hydrogens is 228 g/mol. The van der Waals surface area contributed by atoms with Gasteiger partial charge >= 0.3 is 5.97 Å². The van der Waals surface area contributed by atoms with Crippen molar-refractivity contribution in [1.29, 1.82) is 0 Å². The Morgan fingerprint density at radius 1 is 1.18 bits per heavy atom. The second kappa shape index (κ2) is 4.29. The minimum Gasteiger partial charge on any atom is -0.478 e. The van der Waals surface area contributed by atoms with Crippen LogP contribution in [0.15, 0.2) is 36.4 Å². The average molecular weight is 235 g/mol. The van der Waals surface area contributed by atoms with Crippen LogP contribution in [0.3, 0.4) is 0 Å². The van der Waals surface area contributed by atoms with Gasteiger partial charge in [-0.3, -0.25) is 0 Å². The van der Waals surface area contributed by atoms with Gasteiger partial charge in [-0.2, -0.15) is 4.39 Å². The van der Waals surface area contributed by atoms with E-state index >= 15 is 0 Å². The predicted molar refractivity (Wildman–Crippen MR) is 56.5 cm³/mol. The summed E-state index contributed by atoms with van der Waals surface area (Å²) in [7, 11) is 0. The SMILES string of the molecule is O=C(O)c1ccc(F)nc1-c1cccc(F)c1. The number of benzene rings is 1. The number of nitrogens with zero attached hydrogens (tertiary/aromatic N) is 1. The summed E-state index contributed by atoms with van der Waals surface area (Å²) in [5.41, 5.74) is -0.0316. The molecule has 0 spiro atoms. The molecule has 1 N–H and O–H groups in total. The lowest BCUT2D eigenvalue weighted by Crippen LogP contribution is -2.03. The van der Waals surface area contributed by atoms with E-state index in [1.165, 1.54) is 18.2 Å². The standard InChI is InChI=1S/C12H7F2NO2/c13-8-3-1-2-7(6-8)11-9(12(16)17)4-5-10(14)15-11/h1-6H,(H,16,17). The van der Waals surface area contributed by atoms with E-state index in [4.69, 9.17) is 5.11 Å². The van der Waals surface area contributed by atoms with Gasteiger partial charge in [0.2, 0.25) is 5.95 Å². The van der Waals surface area contributed by atoms with Crippen LogP contribution in [0, 0.1) is 11.8 Å². The molecule has 86 valence electrons. The third kappa shape index (κ3) is 2.28. The molecule has 1 aromatic carbocycles. The van der Waals surface area contributed by atoms with E-state index in [1.807, 2.05) is 0 Å². The molecule has 0 amide bonds. The number of carboxylic acid groups (broad SMARTS) is 1. The minimum atomic E-state index is -1.24. The first-order chi connectivity index (χ1) is 8.08. The maximum atomic E-state index is 13.0. The summed E-state index contributed by atoms with van der Waals surface area (Å²) in [5, 5.41) is 8.93. The molecule has 0 fully saturated rings. The fourth-order valence-electron chi connectivity index (χ4n) is 1.46. The van der Waals surface area contributed by atoms with Crippen LogP contribution in [0.2, 0.25) is 0 Å². The van der Waals surface area contributed by atoms with Gasteiger partial charge < -0.3 is 5.11 Å². The Bertz CT molecular complexity index is 584. The van der Waals surface area contributed by atoms with Crippen molar-refractivity contribution in [3.8, 4) is 11.3 Å². The zero-order valence-electron chi connectivity index (χ0n) is 8.52. The molecule has 2 aromatic rings. The monoisotopic (exact) mass is 235 g/mol. The van der Waals surface area contributed by atoms with E-state index in [0.717, 1.165) is 18.2 Å². The van der Waals surface area contributed by atoms with Gasteiger partial charge in [-0.25, -0.2) is 14.2 Å². The third-order valence-electron chi connectivity index (χ3n) is 2.19. The highest BCUT2D eigenvalue weighted by Crippen LogP contribution is 2.22. The molecule has 2 rings (SSSR count). The molecular formula is C12H7F2NO2. The van der Waals surface area contributed by atoms with E-state index in [9.17, 15) is 13.6 Å². The van der Waals surface area contributed by atoms with Crippen LogP contribution in [-0.2, 0) is 0 Å². The molecule has 0 aliphatic heterocycles. The van der Waals surface area contributed by atoms with Crippen molar-refractivity contribution in [3.63, 3.8) is 0 Å². The molecule has 0 aliphatic carbocycles. The van der Waals surface area contributed by atoms with E-state index < -0.39 is 17.7 Å². The van der Waals surface area contributed by atoms with E-state index in [-0.39, 0.29) is 16.8 Å². The van der Waals surface area contributed by atoms with Crippen LogP contribution in [0.1, 0.15) is 10.4 Å². The Hall–Kier alpha value is -2.30. The van der Waals surface area contributed by atoms with Gasteiger partial charge in [0.15, 0.2) is 0 Å². The minimum absolute atomic E-state index is 0.0861. The Morgan fingerprint density at radius 2 is 1.94 bits per heavy atom. The smallest absolute Gasteiger partial charge is 0.337 e. The maximum Gasteiger partial charge on any atom is 0.337 e. The topological polar surface area (TPSA) is 50.2 Å². The number of aromatic nitrogens is 1. The highest BCUT2D eigenvalue weighted by molar-refractivity contribution is 5.94. The summed E-state index contributed by atoms with van der Waals surface area (Å²) in [4.78, 5) is 14.4. The van der Waals surface area contributed by atoms with Crippen molar-refractivity contribution in [2.75, 3.05) is 0 Å². The average Bonchev–Trinajstić information content (AvgIpc) is 2.28. The van der Waals surface area contributed by atoms with Crippen LogP contribution in [-0.4, -0.2) is 16.1 Å². The van der Waals surface area contributed by atoms with Crippen molar-refractivity contribution in [2.24, 2.45) is 0 Å². The fourth-order valence-corrected chi connectivity index (χ4v) is 1.46. The molecule has 5 heteroatoms. The molecule has 17 heavy (non-hydrogen) atoms. The number of halogens is 2. The number of pyridine rings is 1. The molecule has 0 saturated carbocycles. The number of carbonyl (C=O) groups is 1. The highest BCUT2D eigenvalue weighted by Gasteiger charge is 2.14. The van der Waals surface area contributed by atoms with Crippen molar-refractivity contribution in [3.05, 3.63) is 53.7 Å². The number of hydrogen-bond donors (Lipinski definition) is 1. The summed E-state index contributed by atoms with van der Waals surface area (Å²) in [6, 6.07) is 7.24. The summed E-state index contributed by atoms with van der Waals surface area (Å²) < 4.78 is 26.0. The van der Waals surface area contributed by atoms with Gasteiger partial charge in [0.25, 0.3) is 0 Å². The van der Waals surface area contributed by atoms with Crippen LogP contribution in [0.25, 0.3) is 11.3 Å². The number of rotatable bonds is 2. The normalized spacial score (nSPS) is 10.2. The predicted octanol–water partition coefficient (Wildman–Crippen LogP) is 2.73. The van der Waals surface area contributed by atoms with E-state index in [0.29, 0.717) is 0 Å². The Balaban J connectivity index is 2.65. The van der Waals surface area contributed by atoms with Gasteiger partial charge in [-0.15, -0.1) is 0 Å². The summed E-state index contributed by atoms with van der Waals surface area (Å²) in [6.45, 7) is 0. The van der Waals surface area contributed by atoms with Crippen LogP contribution < -0.4 is 0 Å². The molecule has 0 bridgehead atoms. The Kier molecular flexibility index (Phi) is 2.82. The number of carboxylic acids is 1. The number of hydrogen-bond acceptors (Lipinski definition) is 2. The molecule has 1 heterocycles. The van der Waals surface area contributed by atoms with Gasteiger partial charge in [0.05, 0.1) is 11.3 Å². The Morgan fingerprint density at radius 3 is 2.59 bits per heavy atom. The van der Waals surface area contributed by atoms with E-state index in [1.54, 1.807) is 0 Å². The molecule has 0 atom stereocenters. The summed E-state index contributed by atoms with van der Waals surface area (Å²) >= 11 is 0. The first kappa shape index (κ1) is 11.2. The van der Waals surface area contributed by atoms with Gasteiger partial charge in [0.1, 0.15) is 5.82 Å². The van der Waals surface area contributed by atoms with E-state index in [2.05, 4.69) is 4.98 Å². The third-order valence-corrected chi connectivity index (χ3v) is 2.19. The summed E-state index contributed by atoms with van der Waals surface area (Å²) in [6.07, 6.45) is 0. The van der Waals surface area contributed by atoms with Crippen LogP contribution in [0.5, 0.6) is 0 Å². The molecule has 0 saturated heterocycles. The lowest BCUT2D eigenvalue weighted by atomic mass is 10.1. The van der Waals surface area contributed by atoms with Gasteiger partial charge in [-0.1, -0.05) is 12.1 Å². The first-order valence-electron chi connectivity index (χ1n) is 4.73. The zero-order chi connectivity index (χ0) is 12.4. The first-order valence-corrected chi connectivity index (χ1v) is 4.73. The second-order valence-electron chi connectivity index (χ2n) is 3.35. The molecule has 3 nitrogen and oxygen atoms in total. The lowest BCUT2D eigenvalue weighted by Gasteiger charge is -2.05. The fraction of sp³-hybridized carbons (Fsp3) is 0. The zero-order valence-corrected chi connectivity index (χ0v) is 8.52. The number of aromatic carboxylic acids is 1. The Labute approximate surface area is 95.4 Å². The summed E-state index contributed by atoms with van der Waals surface area (Å²) in [5.74, 6) is -2.59. The lowest BCUT2D eigenvalue weighted by molar-refractivity contribution is 0.0697. The van der Waals surface area contributed by atoms with Crippen molar-refractivity contribution in [1.82, 2.24) is 4.98 Å². The molecule has 0 radical (unpaired) electrons. The van der Waals surface area contributed by atoms with Crippen LogP contribution in [0.4, 0.5) is 8.78 Å². The maximum absolute atomic E-state index is 13.0. The molecule has 0 unspecified atom stereocenters. The molecule has 0 aliphatic rings. The van der Waals surface area contributed by atoms with Crippen molar-refractivity contribution >= 4 is 5.97 Å². The van der Waals surface area contributed by atoms with Crippen molar-refractivity contribution < 1.29 is 18.7 Å². The quantitative estimate of drug-likeness (QED) is 0.814. The van der Waals surface area contributed by atoms with Gasteiger partial charge in [0, 0.05) is 5.56 Å². The molecule has 1 aromatic heterocycles. The largest absolute Gasteiger partial charge is 0.478 e. The van der Waals surface area contributed by atoms with Crippen LogP contribution >= 0.6 is 0 Å². The highest BCUT2D eigenvalue weighted by atomic mass is 19.1. The second-order valence-corrected chi connectivity index (χ2v) is 3.35. The van der Waals surface area contributed by atoms with Crippen molar-refractivity contribution in [2.45, 2.75) is 0 Å².